The van der Waals surface area contributed by atoms with E-state index in [1.54, 1.807) is 7.11 Å². The molecule has 2 aromatic carbocycles. The number of aryl methyl sites for hydroxylation is 1. The number of ether oxygens (including phenoxy) is 1. The molecular formula is C26H27N3O3. The first-order chi connectivity index (χ1) is 15.6. The van der Waals surface area contributed by atoms with E-state index in [9.17, 15) is 4.79 Å². The molecule has 2 aromatic heterocycles. The van der Waals surface area contributed by atoms with Crippen LogP contribution in [0.15, 0.2) is 71.3 Å². The third kappa shape index (κ3) is 3.89. The van der Waals surface area contributed by atoms with Crippen LogP contribution in [0.3, 0.4) is 0 Å². The molecule has 1 aliphatic rings. The molecular weight excluding hydrogens is 402 g/mol. The van der Waals surface area contributed by atoms with Gasteiger partial charge in [-0.2, -0.15) is 0 Å². The van der Waals surface area contributed by atoms with E-state index >= 15 is 0 Å². The van der Waals surface area contributed by atoms with Crippen molar-refractivity contribution >= 4 is 16.9 Å². The van der Waals surface area contributed by atoms with Crippen LogP contribution in [0.5, 0.6) is 5.75 Å². The third-order valence-electron chi connectivity index (χ3n) is 6.19. The molecule has 3 heterocycles. The highest BCUT2D eigenvalue weighted by molar-refractivity contribution is 5.92. The van der Waals surface area contributed by atoms with E-state index < -0.39 is 0 Å². The van der Waals surface area contributed by atoms with Gasteiger partial charge in [-0.25, -0.2) is 0 Å². The molecule has 0 bridgehead atoms. The second-order valence-electron chi connectivity index (χ2n) is 8.24. The quantitative estimate of drug-likeness (QED) is 0.472. The van der Waals surface area contributed by atoms with Crippen LogP contribution in [0.4, 0.5) is 0 Å². The van der Waals surface area contributed by atoms with Gasteiger partial charge in [-0.05, 0) is 42.0 Å². The van der Waals surface area contributed by atoms with Crippen LogP contribution in [0.25, 0.3) is 22.1 Å². The number of carbonyl (C=O) groups is 1. The molecule has 6 heteroatoms. The van der Waals surface area contributed by atoms with Gasteiger partial charge in [0.15, 0.2) is 0 Å². The number of nitrogens with zero attached hydrogens (tertiary/aromatic N) is 3. The van der Waals surface area contributed by atoms with E-state index in [-0.39, 0.29) is 5.91 Å². The molecule has 1 saturated heterocycles. The molecule has 1 fully saturated rings. The van der Waals surface area contributed by atoms with Crippen molar-refractivity contribution in [1.29, 1.82) is 0 Å². The Labute approximate surface area is 187 Å². The fourth-order valence-corrected chi connectivity index (χ4v) is 4.40. The maximum absolute atomic E-state index is 12.7. The topological polar surface area (TPSA) is 50.9 Å². The van der Waals surface area contributed by atoms with Crippen molar-refractivity contribution in [3.63, 3.8) is 0 Å². The van der Waals surface area contributed by atoms with Crippen LogP contribution in [0.1, 0.15) is 16.2 Å². The first-order valence-electron chi connectivity index (χ1n) is 10.9. The maximum Gasteiger partial charge on any atom is 0.270 e. The van der Waals surface area contributed by atoms with Crippen molar-refractivity contribution in [3.8, 4) is 16.9 Å². The maximum atomic E-state index is 12.7. The van der Waals surface area contributed by atoms with Crippen LogP contribution in [0, 0.1) is 0 Å². The van der Waals surface area contributed by atoms with Crippen LogP contribution in [0.2, 0.25) is 0 Å². The zero-order valence-electron chi connectivity index (χ0n) is 18.5. The Bertz CT molecular complexity index is 1250. The standard InChI is InChI=1S/C26H27N3O3/c1-27-11-5-7-23(27)26(30)29-14-12-28(13-15-29)18-21-17-20-16-19(9-10-24(20)32-21)22-6-3-4-8-25(22)31-2/h3-11,16-17H,12-15,18H2,1-2H3. The van der Waals surface area contributed by atoms with E-state index in [1.807, 2.05) is 59.1 Å². The summed E-state index contributed by atoms with van der Waals surface area (Å²) in [6, 6.07) is 20.2. The lowest BCUT2D eigenvalue weighted by molar-refractivity contribution is 0.0612. The zero-order chi connectivity index (χ0) is 22.1. The highest BCUT2D eigenvalue weighted by Gasteiger charge is 2.24. The average molecular weight is 430 g/mol. The Morgan fingerprint density at radius 3 is 2.56 bits per heavy atom. The number of furan rings is 1. The molecule has 1 aliphatic heterocycles. The molecule has 4 aromatic rings. The van der Waals surface area contributed by atoms with Crippen LogP contribution >= 0.6 is 0 Å². The Morgan fingerprint density at radius 1 is 1.00 bits per heavy atom. The van der Waals surface area contributed by atoms with Crippen molar-refractivity contribution < 1.29 is 13.9 Å². The van der Waals surface area contributed by atoms with Crippen molar-refractivity contribution in [3.05, 3.63) is 78.3 Å². The van der Waals surface area contributed by atoms with Gasteiger partial charge in [-0.3, -0.25) is 9.69 Å². The van der Waals surface area contributed by atoms with Crippen LogP contribution < -0.4 is 4.74 Å². The Balaban J connectivity index is 1.26. The van der Waals surface area contributed by atoms with Gasteiger partial charge in [0.25, 0.3) is 5.91 Å². The molecule has 0 aliphatic carbocycles. The molecule has 0 N–H and O–H groups in total. The lowest BCUT2D eigenvalue weighted by atomic mass is 10.0. The number of para-hydroxylation sites is 1. The fourth-order valence-electron chi connectivity index (χ4n) is 4.40. The first-order valence-corrected chi connectivity index (χ1v) is 10.9. The third-order valence-corrected chi connectivity index (χ3v) is 6.19. The van der Waals surface area contributed by atoms with Gasteiger partial charge < -0.3 is 18.6 Å². The number of hydrogen-bond donors (Lipinski definition) is 0. The number of aromatic nitrogens is 1. The monoisotopic (exact) mass is 429 g/mol. The Hall–Kier alpha value is -3.51. The summed E-state index contributed by atoms with van der Waals surface area (Å²) < 4.78 is 13.5. The number of piperazine rings is 1. The van der Waals surface area contributed by atoms with Gasteiger partial charge in [0, 0.05) is 50.4 Å². The summed E-state index contributed by atoms with van der Waals surface area (Å²) >= 11 is 0. The smallest absolute Gasteiger partial charge is 0.270 e. The van der Waals surface area contributed by atoms with Gasteiger partial charge in [0.1, 0.15) is 22.8 Å². The van der Waals surface area contributed by atoms with Crippen molar-refractivity contribution in [2.75, 3.05) is 33.3 Å². The highest BCUT2D eigenvalue weighted by atomic mass is 16.5. The zero-order valence-corrected chi connectivity index (χ0v) is 18.5. The molecule has 5 rings (SSSR count). The van der Waals surface area contributed by atoms with Crippen molar-refractivity contribution in [1.82, 2.24) is 14.4 Å². The highest BCUT2D eigenvalue weighted by Crippen LogP contribution is 2.32. The SMILES string of the molecule is COc1ccccc1-c1ccc2oc(CN3CCN(C(=O)c4cccn4C)CC3)cc2c1. The normalized spacial score (nSPS) is 14.8. The largest absolute Gasteiger partial charge is 0.496 e. The van der Waals surface area contributed by atoms with Gasteiger partial charge in [0.2, 0.25) is 0 Å². The van der Waals surface area contributed by atoms with Crippen molar-refractivity contribution in [2.24, 2.45) is 7.05 Å². The summed E-state index contributed by atoms with van der Waals surface area (Å²) in [7, 11) is 3.60. The predicted molar refractivity (Wildman–Crippen MR) is 125 cm³/mol. The van der Waals surface area contributed by atoms with Gasteiger partial charge in [-0.15, -0.1) is 0 Å². The van der Waals surface area contributed by atoms with Gasteiger partial charge in [0.05, 0.1) is 13.7 Å². The van der Waals surface area contributed by atoms with E-state index in [2.05, 4.69) is 29.2 Å². The minimum atomic E-state index is 0.102. The van der Waals surface area contributed by atoms with Crippen LogP contribution in [-0.2, 0) is 13.6 Å². The van der Waals surface area contributed by atoms with E-state index in [4.69, 9.17) is 9.15 Å². The molecule has 32 heavy (non-hydrogen) atoms. The van der Waals surface area contributed by atoms with E-state index in [1.165, 1.54) is 0 Å². The Kier molecular flexibility index (Phi) is 5.45. The number of benzene rings is 2. The van der Waals surface area contributed by atoms with Crippen LogP contribution in [-0.4, -0.2) is 53.6 Å². The molecule has 0 unspecified atom stereocenters. The number of carbonyl (C=O) groups excluding carboxylic acids is 1. The summed E-state index contributed by atoms with van der Waals surface area (Å²) in [5.74, 6) is 1.91. The average Bonchev–Trinajstić information content (AvgIpc) is 3.43. The summed E-state index contributed by atoms with van der Waals surface area (Å²) in [5, 5.41) is 1.08. The lowest BCUT2D eigenvalue weighted by Gasteiger charge is -2.34. The molecule has 164 valence electrons. The minimum absolute atomic E-state index is 0.102. The Morgan fingerprint density at radius 2 is 1.81 bits per heavy atom. The molecule has 1 amide bonds. The second-order valence-corrected chi connectivity index (χ2v) is 8.24. The number of amides is 1. The summed E-state index contributed by atoms with van der Waals surface area (Å²) in [5.41, 5.74) is 3.80. The molecule has 0 atom stereocenters. The summed E-state index contributed by atoms with van der Waals surface area (Å²) in [6.45, 7) is 3.86. The summed E-state index contributed by atoms with van der Waals surface area (Å²) in [4.78, 5) is 17.0. The van der Waals surface area contributed by atoms with Gasteiger partial charge in [-0.1, -0.05) is 24.3 Å². The van der Waals surface area contributed by atoms with Crippen molar-refractivity contribution in [2.45, 2.75) is 6.54 Å². The number of rotatable bonds is 5. The number of fused-ring (bicyclic) bond motifs is 1. The predicted octanol–water partition coefficient (Wildman–Crippen LogP) is 4.40. The molecule has 6 nitrogen and oxygen atoms in total. The molecule has 0 spiro atoms. The first kappa shape index (κ1) is 20.4. The van der Waals surface area contributed by atoms with Gasteiger partial charge >= 0.3 is 0 Å². The number of methoxy groups -OCH3 is 1. The summed E-state index contributed by atoms with van der Waals surface area (Å²) in [6.07, 6.45) is 1.91. The van der Waals surface area contributed by atoms with E-state index in [0.717, 1.165) is 72.0 Å². The fraction of sp³-hybridized carbons (Fsp3) is 0.269. The minimum Gasteiger partial charge on any atom is -0.496 e. The van der Waals surface area contributed by atoms with E-state index in [0.29, 0.717) is 0 Å². The second kappa shape index (κ2) is 8.55. The molecule has 0 radical (unpaired) electrons. The number of hydrogen-bond acceptors (Lipinski definition) is 4. The molecule has 0 saturated carbocycles. The lowest BCUT2D eigenvalue weighted by Crippen LogP contribution is -2.48.